The molecule has 6 rings (SSSR count). The second kappa shape index (κ2) is 7.90. The van der Waals surface area contributed by atoms with Gasteiger partial charge in [-0.2, -0.15) is 0 Å². The van der Waals surface area contributed by atoms with Crippen LogP contribution in [-0.2, 0) is 41.2 Å². The van der Waals surface area contributed by atoms with Crippen molar-refractivity contribution in [3.05, 3.63) is 56.4 Å². The standard InChI is InChI=1S/C27H29N3O5/c1-3-15-16-13-30-21(11-19-18(25(30)32)14-35-26(33)27(19,34)4-2)24(16)28-20-7-8-22(31)17(23(15)20)12-29-9-5-6-10-29/h7-8,11,31,34H,3-6,9-10,12-14H2,1-2H3/t27-/m0/s1. The van der Waals surface area contributed by atoms with E-state index in [-0.39, 0.29) is 24.3 Å². The minimum Gasteiger partial charge on any atom is -0.508 e. The van der Waals surface area contributed by atoms with Gasteiger partial charge in [-0.25, -0.2) is 9.78 Å². The van der Waals surface area contributed by atoms with Crippen LogP contribution < -0.4 is 5.56 Å². The average Bonchev–Trinajstić information content (AvgIpc) is 3.50. The Balaban J connectivity index is 1.59. The van der Waals surface area contributed by atoms with Crippen LogP contribution in [0.2, 0.25) is 0 Å². The Kier molecular flexibility index (Phi) is 5.02. The number of phenolic OH excluding ortho intramolecular Hbond substituents is 1. The average molecular weight is 476 g/mol. The minimum atomic E-state index is -1.84. The van der Waals surface area contributed by atoms with Crippen molar-refractivity contribution in [3.63, 3.8) is 0 Å². The Morgan fingerprint density at radius 1 is 1.11 bits per heavy atom. The number of likely N-dealkylation sites (tertiary alicyclic amines) is 1. The molecule has 5 heterocycles. The molecule has 8 heteroatoms. The molecule has 3 aliphatic heterocycles. The van der Waals surface area contributed by atoms with Crippen LogP contribution in [0, 0.1) is 0 Å². The van der Waals surface area contributed by atoms with E-state index in [1.165, 1.54) is 12.8 Å². The van der Waals surface area contributed by atoms with Crippen LogP contribution in [0.25, 0.3) is 22.3 Å². The van der Waals surface area contributed by atoms with E-state index in [2.05, 4.69) is 11.8 Å². The van der Waals surface area contributed by atoms with E-state index >= 15 is 0 Å². The molecule has 1 aromatic carbocycles. The summed E-state index contributed by atoms with van der Waals surface area (Å²) in [7, 11) is 0. The lowest BCUT2D eigenvalue weighted by molar-refractivity contribution is -0.172. The summed E-state index contributed by atoms with van der Waals surface area (Å²) < 4.78 is 6.85. The predicted molar refractivity (Wildman–Crippen MR) is 130 cm³/mol. The molecule has 8 nitrogen and oxygen atoms in total. The van der Waals surface area contributed by atoms with Gasteiger partial charge < -0.3 is 19.5 Å². The molecule has 1 atom stereocenters. The van der Waals surface area contributed by atoms with E-state index in [9.17, 15) is 19.8 Å². The zero-order valence-corrected chi connectivity index (χ0v) is 20.1. The van der Waals surface area contributed by atoms with Gasteiger partial charge in [-0.15, -0.1) is 0 Å². The number of benzene rings is 1. The van der Waals surface area contributed by atoms with E-state index in [0.29, 0.717) is 35.6 Å². The highest BCUT2D eigenvalue weighted by Crippen LogP contribution is 2.42. The summed E-state index contributed by atoms with van der Waals surface area (Å²) in [6.07, 6.45) is 3.16. The second-order valence-electron chi connectivity index (χ2n) is 9.81. The highest BCUT2D eigenvalue weighted by atomic mass is 16.6. The van der Waals surface area contributed by atoms with Gasteiger partial charge in [0, 0.05) is 28.6 Å². The summed E-state index contributed by atoms with van der Waals surface area (Å²) in [4.78, 5) is 33.3. The monoisotopic (exact) mass is 475 g/mol. The molecule has 3 aliphatic rings. The number of aliphatic hydroxyl groups is 1. The fourth-order valence-corrected chi connectivity index (χ4v) is 6.04. The highest BCUT2D eigenvalue weighted by Gasteiger charge is 2.45. The van der Waals surface area contributed by atoms with E-state index in [1.54, 1.807) is 23.6 Å². The summed E-state index contributed by atoms with van der Waals surface area (Å²) in [6.45, 7) is 6.70. The molecule has 3 aromatic rings. The third kappa shape index (κ3) is 3.09. The van der Waals surface area contributed by atoms with Crippen molar-refractivity contribution in [2.75, 3.05) is 13.1 Å². The van der Waals surface area contributed by atoms with Crippen LogP contribution >= 0.6 is 0 Å². The minimum absolute atomic E-state index is 0.110. The Bertz CT molecular complexity index is 1450. The maximum absolute atomic E-state index is 13.5. The number of esters is 1. The summed E-state index contributed by atoms with van der Waals surface area (Å²) in [5.41, 5.74) is 3.54. The Morgan fingerprint density at radius 3 is 2.60 bits per heavy atom. The van der Waals surface area contributed by atoms with Crippen molar-refractivity contribution in [1.29, 1.82) is 0 Å². The molecule has 1 saturated heterocycles. The number of carbonyl (C=O) groups is 1. The van der Waals surface area contributed by atoms with Gasteiger partial charge in [-0.1, -0.05) is 13.8 Å². The number of hydrogen-bond acceptors (Lipinski definition) is 7. The molecule has 0 aliphatic carbocycles. The van der Waals surface area contributed by atoms with Crippen LogP contribution in [-0.4, -0.2) is 43.7 Å². The van der Waals surface area contributed by atoms with E-state index < -0.39 is 11.6 Å². The Labute approximate surface area is 202 Å². The van der Waals surface area contributed by atoms with Crippen molar-refractivity contribution < 1.29 is 19.7 Å². The number of fused-ring (bicyclic) bond motifs is 5. The molecule has 0 bridgehead atoms. The van der Waals surface area contributed by atoms with E-state index in [4.69, 9.17) is 9.72 Å². The normalized spacial score (nSPS) is 21.2. The number of nitrogens with zero attached hydrogens (tertiary/aromatic N) is 3. The molecule has 182 valence electrons. The fraction of sp³-hybridized carbons (Fsp3) is 0.444. The van der Waals surface area contributed by atoms with Crippen molar-refractivity contribution in [2.45, 2.75) is 64.8 Å². The number of rotatable bonds is 4. The lowest BCUT2D eigenvalue weighted by Gasteiger charge is -2.31. The predicted octanol–water partition coefficient (Wildman–Crippen LogP) is 2.94. The zero-order valence-electron chi connectivity index (χ0n) is 20.1. The molecule has 35 heavy (non-hydrogen) atoms. The lowest BCUT2D eigenvalue weighted by atomic mass is 9.86. The smallest absolute Gasteiger partial charge is 0.343 e. The van der Waals surface area contributed by atoms with Gasteiger partial charge in [-0.05, 0) is 62.5 Å². The van der Waals surface area contributed by atoms with Crippen molar-refractivity contribution in [3.8, 4) is 17.1 Å². The number of aromatic nitrogens is 2. The number of hydrogen-bond donors (Lipinski definition) is 2. The van der Waals surface area contributed by atoms with Crippen LogP contribution in [0.5, 0.6) is 5.75 Å². The Hall–Kier alpha value is -3.23. The van der Waals surface area contributed by atoms with Gasteiger partial charge in [0.2, 0.25) is 0 Å². The first-order valence-electron chi connectivity index (χ1n) is 12.4. The summed E-state index contributed by atoms with van der Waals surface area (Å²) in [5.74, 6) is -0.453. The summed E-state index contributed by atoms with van der Waals surface area (Å²) in [5, 5.41) is 22.9. The molecule has 0 amide bonds. The van der Waals surface area contributed by atoms with E-state index in [0.717, 1.165) is 47.1 Å². The molecular weight excluding hydrogens is 446 g/mol. The van der Waals surface area contributed by atoms with Crippen LogP contribution in [0.15, 0.2) is 23.0 Å². The van der Waals surface area contributed by atoms with Gasteiger partial charge in [0.15, 0.2) is 5.60 Å². The fourth-order valence-electron chi connectivity index (χ4n) is 6.04. The first kappa shape index (κ1) is 22.2. The molecule has 0 unspecified atom stereocenters. The second-order valence-corrected chi connectivity index (χ2v) is 9.81. The van der Waals surface area contributed by atoms with Gasteiger partial charge in [0.05, 0.1) is 29.0 Å². The SMILES string of the molecule is CCc1c2c(nc3ccc(O)c(CN4CCCC4)c13)-c1cc3c(c(=O)n1C2)COC(=O)[C@]3(O)CC. The van der Waals surface area contributed by atoms with Crippen LogP contribution in [0.1, 0.15) is 60.9 Å². The molecule has 1 fully saturated rings. The van der Waals surface area contributed by atoms with Gasteiger partial charge in [0.25, 0.3) is 5.56 Å². The van der Waals surface area contributed by atoms with Gasteiger partial charge in [-0.3, -0.25) is 9.69 Å². The van der Waals surface area contributed by atoms with Crippen molar-refractivity contribution >= 4 is 16.9 Å². The maximum Gasteiger partial charge on any atom is 0.343 e. The first-order valence-corrected chi connectivity index (χ1v) is 12.4. The molecule has 2 N–H and O–H groups in total. The van der Waals surface area contributed by atoms with Crippen LogP contribution in [0.4, 0.5) is 0 Å². The molecule has 0 radical (unpaired) electrons. The first-order chi connectivity index (χ1) is 16.9. The third-order valence-electron chi connectivity index (χ3n) is 7.99. The molecule has 0 saturated carbocycles. The van der Waals surface area contributed by atoms with Crippen molar-refractivity contribution in [1.82, 2.24) is 14.5 Å². The lowest BCUT2D eigenvalue weighted by Crippen LogP contribution is -2.44. The number of phenols is 1. The number of carbonyl (C=O) groups excluding carboxylic acids is 1. The number of pyridine rings is 2. The quantitative estimate of drug-likeness (QED) is 0.437. The largest absolute Gasteiger partial charge is 0.508 e. The van der Waals surface area contributed by atoms with Gasteiger partial charge >= 0.3 is 5.97 Å². The third-order valence-corrected chi connectivity index (χ3v) is 7.99. The number of ether oxygens (including phenoxy) is 1. The summed E-state index contributed by atoms with van der Waals surface area (Å²) in [6, 6.07) is 5.28. The topological polar surface area (TPSA) is 105 Å². The molecule has 0 spiro atoms. The van der Waals surface area contributed by atoms with E-state index in [1.807, 2.05) is 6.07 Å². The van der Waals surface area contributed by atoms with Gasteiger partial charge in [0.1, 0.15) is 12.4 Å². The summed E-state index contributed by atoms with van der Waals surface area (Å²) >= 11 is 0. The molecular formula is C27H29N3O5. The molecule has 2 aromatic heterocycles. The number of cyclic esters (lactones) is 1. The van der Waals surface area contributed by atoms with Crippen LogP contribution in [0.3, 0.4) is 0 Å². The number of aryl methyl sites for hydroxylation is 1. The highest BCUT2D eigenvalue weighted by molar-refractivity contribution is 5.92. The maximum atomic E-state index is 13.5. The Morgan fingerprint density at radius 2 is 1.89 bits per heavy atom. The zero-order chi connectivity index (χ0) is 24.5. The number of aromatic hydroxyl groups is 1. The van der Waals surface area contributed by atoms with Crippen molar-refractivity contribution in [2.24, 2.45) is 0 Å².